The lowest BCUT2D eigenvalue weighted by molar-refractivity contribution is -0.138. The lowest BCUT2D eigenvalue weighted by Gasteiger charge is -2.13. The molecule has 0 aliphatic carbocycles. The van der Waals surface area contributed by atoms with Gasteiger partial charge >= 0.3 is 0 Å². The predicted molar refractivity (Wildman–Crippen MR) is 115 cm³/mol. The maximum Gasteiger partial charge on any atom is 0.251 e. The number of nitrogens with zero attached hydrogens (tertiary/aromatic N) is 1. The topological polar surface area (TPSA) is 95.6 Å². The number of aryl methyl sites for hydroxylation is 1. The summed E-state index contributed by atoms with van der Waals surface area (Å²) < 4.78 is 0. The summed E-state index contributed by atoms with van der Waals surface area (Å²) in [5.74, 6) is -0.637. The van der Waals surface area contributed by atoms with Gasteiger partial charge in [0, 0.05) is 48.5 Å². The van der Waals surface area contributed by atoms with E-state index in [1.807, 2.05) is 11.4 Å². The summed E-state index contributed by atoms with van der Waals surface area (Å²) in [6, 6.07) is 10.8. The number of likely N-dealkylation sites (tertiary alicyclic amines) is 1. The number of hydrogen-bond donors (Lipinski definition) is 2. The highest BCUT2D eigenvalue weighted by atomic mass is 32.1. The molecule has 0 radical (unpaired) electrons. The summed E-state index contributed by atoms with van der Waals surface area (Å²) in [4.78, 5) is 50.1. The molecule has 2 heterocycles. The number of hydrogen-bond acceptors (Lipinski definition) is 5. The Morgan fingerprint density at radius 3 is 2.57 bits per heavy atom. The van der Waals surface area contributed by atoms with E-state index in [9.17, 15) is 19.2 Å². The third-order valence-electron chi connectivity index (χ3n) is 4.81. The van der Waals surface area contributed by atoms with Gasteiger partial charge in [-0.25, -0.2) is 0 Å². The van der Waals surface area contributed by atoms with Crippen molar-refractivity contribution in [2.24, 2.45) is 0 Å². The van der Waals surface area contributed by atoms with Crippen molar-refractivity contribution in [3.8, 4) is 0 Å². The quantitative estimate of drug-likeness (QED) is 0.450. The molecule has 1 aliphatic heterocycles. The van der Waals surface area contributed by atoms with Gasteiger partial charge in [-0.05, 0) is 48.9 Å². The maximum absolute atomic E-state index is 12.3. The molecule has 0 atom stereocenters. The molecule has 0 saturated carbocycles. The number of imide groups is 1. The van der Waals surface area contributed by atoms with Crippen molar-refractivity contribution in [2.45, 2.75) is 38.5 Å². The lowest BCUT2D eigenvalue weighted by Crippen LogP contribution is -2.33. The van der Waals surface area contributed by atoms with Crippen LogP contribution < -0.4 is 10.6 Å². The summed E-state index contributed by atoms with van der Waals surface area (Å²) >= 11 is 1.69. The average molecular weight is 428 g/mol. The normalized spacial score (nSPS) is 13.5. The lowest BCUT2D eigenvalue weighted by atomic mass is 10.1. The smallest absolute Gasteiger partial charge is 0.251 e. The van der Waals surface area contributed by atoms with Crippen molar-refractivity contribution in [1.82, 2.24) is 10.2 Å². The van der Waals surface area contributed by atoms with E-state index in [1.165, 1.54) is 9.78 Å². The minimum Gasteiger partial charge on any atom is -0.352 e. The van der Waals surface area contributed by atoms with Crippen LogP contribution in [-0.2, 0) is 20.8 Å². The Labute approximate surface area is 179 Å². The summed E-state index contributed by atoms with van der Waals surface area (Å²) in [7, 11) is 0. The zero-order valence-corrected chi connectivity index (χ0v) is 17.5. The average Bonchev–Trinajstić information content (AvgIpc) is 3.36. The SMILES string of the molecule is O=C(CCCc1cccs1)Nc1cccc(C(=O)NCCCN2C(=O)CCC2=O)c1. The third kappa shape index (κ3) is 6.25. The molecule has 1 fully saturated rings. The van der Waals surface area contributed by atoms with Crippen LogP contribution in [0, 0.1) is 0 Å². The second kappa shape index (κ2) is 10.7. The zero-order valence-electron chi connectivity index (χ0n) is 16.7. The van der Waals surface area contributed by atoms with E-state index in [-0.39, 0.29) is 36.5 Å². The standard InChI is InChI=1S/C22H25N3O4S/c26-19(9-2-7-18-8-3-14-30-18)24-17-6-1-5-16(15-17)22(29)23-12-4-13-25-20(27)10-11-21(25)28/h1,3,5-6,8,14-15H,2,4,7,9-13H2,(H,23,29)(H,24,26). The first-order valence-corrected chi connectivity index (χ1v) is 10.9. The fourth-order valence-electron chi connectivity index (χ4n) is 3.25. The van der Waals surface area contributed by atoms with E-state index in [0.29, 0.717) is 37.2 Å². The molecule has 158 valence electrons. The van der Waals surface area contributed by atoms with Gasteiger partial charge in [-0.1, -0.05) is 12.1 Å². The van der Waals surface area contributed by atoms with Gasteiger partial charge in [0.25, 0.3) is 5.91 Å². The van der Waals surface area contributed by atoms with E-state index < -0.39 is 0 Å². The van der Waals surface area contributed by atoms with Gasteiger partial charge < -0.3 is 10.6 Å². The fourth-order valence-corrected chi connectivity index (χ4v) is 4.00. The highest BCUT2D eigenvalue weighted by molar-refractivity contribution is 7.09. The molecule has 1 aliphatic rings. The first-order chi connectivity index (χ1) is 14.5. The van der Waals surface area contributed by atoms with Crippen molar-refractivity contribution < 1.29 is 19.2 Å². The zero-order chi connectivity index (χ0) is 21.3. The van der Waals surface area contributed by atoms with E-state index in [1.54, 1.807) is 35.6 Å². The Morgan fingerprint density at radius 2 is 1.83 bits per heavy atom. The molecule has 0 bridgehead atoms. The highest BCUT2D eigenvalue weighted by Gasteiger charge is 2.27. The molecule has 3 rings (SSSR count). The van der Waals surface area contributed by atoms with Crippen molar-refractivity contribution in [2.75, 3.05) is 18.4 Å². The number of amides is 4. The van der Waals surface area contributed by atoms with Gasteiger partial charge in [0.2, 0.25) is 17.7 Å². The van der Waals surface area contributed by atoms with Gasteiger partial charge in [-0.3, -0.25) is 24.1 Å². The van der Waals surface area contributed by atoms with Crippen LogP contribution in [-0.4, -0.2) is 41.6 Å². The largest absolute Gasteiger partial charge is 0.352 e. The first kappa shape index (κ1) is 21.7. The van der Waals surface area contributed by atoms with Crippen molar-refractivity contribution in [3.63, 3.8) is 0 Å². The van der Waals surface area contributed by atoms with Gasteiger partial charge in [0.05, 0.1) is 0 Å². The molecule has 30 heavy (non-hydrogen) atoms. The summed E-state index contributed by atoms with van der Waals surface area (Å²) in [5, 5.41) is 7.64. The van der Waals surface area contributed by atoms with Crippen molar-refractivity contribution in [1.29, 1.82) is 0 Å². The molecule has 1 aromatic carbocycles. The van der Waals surface area contributed by atoms with Crippen LogP contribution in [0.25, 0.3) is 0 Å². The third-order valence-corrected chi connectivity index (χ3v) is 5.75. The number of thiophene rings is 1. The summed E-state index contributed by atoms with van der Waals surface area (Å²) in [6.07, 6.45) is 3.12. The highest BCUT2D eigenvalue weighted by Crippen LogP contribution is 2.15. The van der Waals surface area contributed by atoms with Gasteiger partial charge in [0.15, 0.2) is 0 Å². The molecular formula is C22H25N3O4S. The molecule has 0 spiro atoms. The second-order valence-electron chi connectivity index (χ2n) is 7.11. The molecule has 1 aromatic heterocycles. The molecular weight excluding hydrogens is 402 g/mol. The number of nitrogens with one attached hydrogen (secondary N) is 2. The number of rotatable bonds is 10. The molecule has 1 saturated heterocycles. The number of benzene rings is 1. The van der Waals surface area contributed by atoms with E-state index in [4.69, 9.17) is 0 Å². The Kier molecular flexibility index (Phi) is 7.73. The minimum absolute atomic E-state index is 0.0796. The van der Waals surface area contributed by atoms with Crippen molar-refractivity contribution in [3.05, 3.63) is 52.2 Å². The fraction of sp³-hybridized carbons (Fsp3) is 0.364. The van der Waals surface area contributed by atoms with Gasteiger partial charge in [0.1, 0.15) is 0 Å². The van der Waals surface area contributed by atoms with Crippen LogP contribution in [0.5, 0.6) is 0 Å². The molecule has 8 heteroatoms. The Balaban J connectivity index is 1.40. The van der Waals surface area contributed by atoms with Crippen LogP contribution in [0.2, 0.25) is 0 Å². The van der Waals surface area contributed by atoms with Crippen molar-refractivity contribution >= 4 is 40.7 Å². The van der Waals surface area contributed by atoms with Gasteiger partial charge in [-0.15, -0.1) is 11.3 Å². The molecule has 2 aromatic rings. The molecule has 7 nitrogen and oxygen atoms in total. The number of anilines is 1. The first-order valence-electron chi connectivity index (χ1n) is 10.1. The predicted octanol–water partition coefficient (Wildman–Crippen LogP) is 2.98. The summed E-state index contributed by atoms with van der Waals surface area (Å²) in [5.41, 5.74) is 1.02. The molecule has 4 amide bonds. The Hall–Kier alpha value is -3.00. The number of carbonyl (C=O) groups excluding carboxylic acids is 4. The minimum atomic E-state index is -0.261. The van der Waals surface area contributed by atoms with E-state index >= 15 is 0 Å². The Morgan fingerprint density at radius 1 is 1.03 bits per heavy atom. The van der Waals surface area contributed by atoms with E-state index in [2.05, 4.69) is 16.7 Å². The second-order valence-corrected chi connectivity index (χ2v) is 8.14. The van der Waals surface area contributed by atoms with Gasteiger partial charge in [-0.2, -0.15) is 0 Å². The van der Waals surface area contributed by atoms with Crippen LogP contribution >= 0.6 is 11.3 Å². The monoisotopic (exact) mass is 427 g/mol. The molecule has 0 unspecified atom stereocenters. The summed E-state index contributed by atoms with van der Waals surface area (Å²) in [6.45, 7) is 0.675. The van der Waals surface area contributed by atoms with Crippen LogP contribution in [0.15, 0.2) is 41.8 Å². The number of carbonyl (C=O) groups is 4. The maximum atomic E-state index is 12.3. The molecule has 2 N–H and O–H groups in total. The van der Waals surface area contributed by atoms with E-state index in [0.717, 1.165) is 12.8 Å². The van der Waals surface area contributed by atoms with Crippen LogP contribution in [0.3, 0.4) is 0 Å². The Bertz CT molecular complexity index is 895. The van der Waals surface area contributed by atoms with Crippen LogP contribution in [0.4, 0.5) is 5.69 Å². The van der Waals surface area contributed by atoms with Crippen LogP contribution in [0.1, 0.15) is 47.3 Å².